The molecule has 0 unspecified atom stereocenters. The van der Waals surface area contributed by atoms with Crippen molar-refractivity contribution in [2.24, 2.45) is 5.73 Å². The number of rotatable bonds is 4. The summed E-state index contributed by atoms with van der Waals surface area (Å²) in [5.41, 5.74) is 6.83. The summed E-state index contributed by atoms with van der Waals surface area (Å²) in [5.74, 6) is 1.69. The van der Waals surface area contributed by atoms with Crippen LogP contribution in [0.5, 0.6) is 11.5 Å². The average Bonchev–Trinajstić information content (AvgIpc) is 2.98. The molecule has 2 aromatic carbocycles. The molecule has 1 aromatic heterocycles. The molecule has 0 aliphatic carbocycles. The summed E-state index contributed by atoms with van der Waals surface area (Å²) < 4.78 is 5.78. The Morgan fingerprint density at radius 3 is 2.15 bits per heavy atom. The lowest BCUT2D eigenvalue weighted by Gasteiger charge is -2.06. The zero-order valence-corrected chi connectivity index (χ0v) is 11.8. The minimum absolute atomic E-state index is 0.597. The van der Waals surface area contributed by atoms with Gasteiger partial charge in [-0.2, -0.15) is 0 Å². The molecule has 2 N–H and O–H groups in total. The molecule has 0 bridgehead atoms. The molecule has 0 aliphatic heterocycles. The molecule has 0 spiro atoms. The minimum atomic E-state index is 0.597. The molecule has 0 saturated carbocycles. The fourth-order valence-corrected chi connectivity index (χ4v) is 2.85. The van der Waals surface area contributed by atoms with Gasteiger partial charge in [0, 0.05) is 16.3 Å². The fourth-order valence-electron chi connectivity index (χ4n) is 1.95. The Morgan fingerprint density at radius 1 is 0.800 bits per heavy atom. The molecule has 0 saturated heterocycles. The first kappa shape index (κ1) is 12.9. The van der Waals surface area contributed by atoms with E-state index in [2.05, 4.69) is 24.3 Å². The molecule has 20 heavy (non-hydrogen) atoms. The van der Waals surface area contributed by atoms with Crippen molar-refractivity contribution < 1.29 is 4.74 Å². The quantitative estimate of drug-likeness (QED) is 0.754. The predicted molar refractivity (Wildman–Crippen MR) is 84.2 cm³/mol. The van der Waals surface area contributed by atoms with Crippen LogP contribution < -0.4 is 10.5 Å². The maximum Gasteiger partial charge on any atom is 0.127 e. The second-order valence-electron chi connectivity index (χ2n) is 4.41. The van der Waals surface area contributed by atoms with E-state index in [1.165, 1.54) is 15.3 Å². The van der Waals surface area contributed by atoms with E-state index in [0.29, 0.717) is 6.54 Å². The van der Waals surface area contributed by atoms with Gasteiger partial charge in [-0.1, -0.05) is 18.2 Å². The van der Waals surface area contributed by atoms with Crippen LogP contribution in [-0.2, 0) is 6.54 Å². The van der Waals surface area contributed by atoms with E-state index in [0.717, 1.165) is 11.5 Å². The van der Waals surface area contributed by atoms with Crippen molar-refractivity contribution >= 4 is 11.3 Å². The SMILES string of the molecule is NCc1ccc(-c2ccc(Oc3ccccc3)cc2)s1. The van der Waals surface area contributed by atoms with E-state index in [-0.39, 0.29) is 0 Å². The third-order valence-electron chi connectivity index (χ3n) is 2.98. The molecule has 0 amide bonds. The number of para-hydroxylation sites is 1. The van der Waals surface area contributed by atoms with Gasteiger partial charge in [-0.3, -0.25) is 0 Å². The Hall–Kier alpha value is -2.10. The minimum Gasteiger partial charge on any atom is -0.457 e. The normalized spacial score (nSPS) is 10.4. The molecule has 100 valence electrons. The van der Waals surface area contributed by atoms with Crippen molar-refractivity contribution in [1.29, 1.82) is 0 Å². The first-order chi connectivity index (χ1) is 9.85. The Kier molecular flexibility index (Phi) is 3.81. The van der Waals surface area contributed by atoms with Crippen LogP contribution in [0.3, 0.4) is 0 Å². The molecular formula is C17H15NOS. The van der Waals surface area contributed by atoms with E-state index < -0.39 is 0 Å². The van der Waals surface area contributed by atoms with Gasteiger partial charge < -0.3 is 10.5 Å². The van der Waals surface area contributed by atoms with Crippen molar-refractivity contribution in [2.75, 3.05) is 0 Å². The Morgan fingerprint density at radius 2 is 1.50 bits per heavy atom. The maximum atomic E-state index is 5.78. The first-order valence-corrected chi connectivity index (χ1v) is 7.29. The topological polar surface area (TPSA) is 35.2 Å². The highest BCUT2D eigenvalue weighted by molar-refractivity contribution is 7.15. The number of ether oxygens (including phenoxy) is 1. The van der Waals surface area contributed by atoms with Crippen LogP contribution in [0.15, 0.2) is 66.7 Å². The van der Waals surface area contributed by atoms with Gasteiger partial charge in [0.05, 0.1) is 0 Å². The van der Waals surface area contributed by atoms with E-state index in [9.17, 15) is 0 Å². The Labute approximate surface area is 122 Å². The molecule has 3 heteroatoms. The number of hydrogen-bond acceptors (Lipinski definition) is 3. The monoisotopic (exact) mass is 281 g/mol. The molecule has 1 heterocycles. The van der Waals surface area contributed by atoms with Crippen LogP contribution in [0, 0.1) is 0 Å². The third kappa shape index (κ3) is 2.90. The van der Waals surface area contributed by atoms with Crippen LogP contribution in [0.2, 0.25) is 0 Å². The summed E-state index contributed by atoms with van der Waals surface area (Å²) >= 11 is 1.73. The van der Waals surface area contributed by atoms with E-state index >= 15 is 0 Å². The Balaban J connectivity index is 1.77. The summed E-state index contributed by atoms with van der Waals surface area (Å²) in [6.07, 6.45) is 0. The second-order valence-corrected chi connectivity index (χ2v) is 5.58. The van der Waals surface area contributed by atoms with E-state index in [1.807, 2.05) is 42.5 Å². The van der Waals surface area contributed by atoms with Crippen molar-refractivity contribution in [1.82, 2.24) is 0 Å². The van der Waals surface area contributed by atoms with Gasteiger partial charge in [-0.25, -0.2) is 0 Å². The van der Waals surface area contributed by atoms with Gasteiger partial charge in [-0.05, 0) is 54.1 Å². The van der Waals surface area contributed by atoms with Crippen LogP contribution in [-0.4, -0.2) is 0 Å². The summed E-state index contributed by atoms with van der Waals surface area (Å²) in [6, 6.07) is 22.1. The number of hydrogen-bond donors (Lipinski definition) is 1. The molecule has 2 nitrogen and oxygen atoms in total. The zero-order valence-electron chi connectivity index (χ0n) is 11.0. The third-order valence-corrected chi connectivity index (χ3v) is 4.14. The maximum absolute atomic E-state index is 5.78. The van der Waals surface area contributed by atoms with Gasteiger partial charge in [0.2, 0.25) is 0 Å². The molecule has 0 atom stereocenters. The number of benzene rings is 2. The lowest BCUT2D eigenvalue weighted by molar-refractivity contribution is 0.483. The van der Waals surface area contributed by atoms with Crippen LogP contribution in [0.4, 0.5) is 0 Å². The number of thiophene rings is 1. The summed E-state index contributed by atoms with van der Waals surface area (Å²) in [5, 5.41) is 0. The highest BCUT2D eigenvalue weighted by atomic mass is 32.1. The van der Waals surface area contributed by atoms with Crippen LogP contribution in [0.25, 0.3) is 10.4 Å². The first-order valence-electron chi connectivity index (χ1n) is 6.47. The van der Waals surface area contributed by atoms with Crippen molar-refractivity contribution in [2.45, 2.75) is 6.54 Å². The largest absolute Gasteiger partial charge is 0.457 e. The standard InChI is InChI=1S/C17H15NOS/c18-12-16-10-11-17(20-16)13-6-8-15(9-7-13)19-14-4-2-1-3-5-14/h1-11H,12,18H2. The molecular weight excluding hydrogens is 266 g/mol. The molecule has 0 radical (unpaired) electrons. The van der Waals surface area contributed by atoms with E-state index in [1.54, 1.807) is 11.3 Å². The molecule has 3 aromatic rings. The molecule has 3 rings (SSSR count). The zero-order chi connectivity index (χ0) is 13.8. The van der Waals surface area contributed by atoms with Crippen molar-refractivity contribution in [3.63, 3.8) is 0 Å². The summed E-state index contributed by atoms with van der Waals surface area (Å²) in [7, 11) is 0. The highest BCUT2D eigenvalue weighted by Gasteiger charge is 2.03. The lowest BCUT2D eigenvalue weighted by Crippen LogP contribution is -1.90. The second kappa shape index (κ2) is 5.90. The summed E-state index contributed by atoms with van der Waals surface area (Å²) in [4.78, 5) is 2.43. The smallest absolute Gasteiger partial charge is 0.127 e. The number of nitrogens with two attached hydrogens (primary N) is 1. The fraction of sp³-hybridized carbons (Fsp3) is 0.0588. The summed E-state index contributed by atoms with van der Waals surface area (Å²) in [6.45, 7) is 0.597. The van der Waals surface area contributed by atoms with Gasteiger partial charge in [0.25, 0.3) is 0 Å². The van der Waals surface area contributed by atoms with Crippen molar-refractivity contribution in [3.8, 4) is 21.9 Å². The van der Waals surface area contributed by atoms with E-state index in [4.69, 9.17) is 10.5 Å². The van der Waals surface area contributed by atoms with Crippen LogP contribution in [0.1, 0.15) is 4.88 Å². The van der Waals surface area contributed by atoms with Gasteiger partial charge >= 0.3 is 0 Å². The lowest BCUT2D eigenvalue weighted by atomic mass is 10.2. The van der Waals surface area contributed by atoms with Crippen LogP contribution >= 0.6 is 11.3 Å². The van der Waals surface area contributed by atoms with Gasteiger partial charge in [-0.15, -0.1) is 11.3 Å². The van der Waals surface area contributed by atoms with Crippen molar-refractivity contribution in [3.05, 3.63) is 71.6 Å². The molecule has 0 aliphatic rings. The van der Waals surface area contributed by atoms with Gasteiger partial charge in [0.15, 0.2) is 0 Å². The average molecular weight is 281 g/mol. The molecule has 0 fully saturated rings. The Bertz CT molecular complexity index is 674. The highest BCUT2D eigenvalue weighted by Crippen LogP contribution is 2.30. The van der Waals surface area contributed by atoms with Gasteiger partial charge in [0.1, 0.15) is 11.5 Å². The predicted octanol–water partition coefficient (Wildman–Crippen LogP) is 4.67.